The summed E-state index contributed by atoms with van der Waals surface area (Å²) in [4.78, 5) is 11.6. The second-order valence-electron chi connectivity index (χ2n) is 5.96. The highest BCUT2D eigenvalue weighted by atomic mass is 32.2. The number of methoxy groups -OCH3 is 1. The van der Waals surface area contributed by atoms with Crippen LogP contribution in [0.15, 0.2) is 77.7 Å². The molecule has 5 heteroatoms. The molecule has 0 aromatic heterocycles. The molecule has 0 amide bonds. The second-order valence-corrected chi connectivity index (χ2v) is 7.01. The molecule has 3 rings (SSSR count). The number of anilines is 1. The summed E-state index contributed by atoms with van der Waals surface area (Å²) in [6.45, 7) is 0.699. The van der Waals surface area contributed by atoms with Crippen molar-refractivity contribution < 1.29 is 14.6 Å². The summed E-state index contributed by atoms with van der Waals surface area (Å²) in [6.07, 6.45) is 0. The quantitative estimate of drug-likeness (QED) is 0.530. The average Bonchev–Trinajstić information content (AvgIpc) is 2.71. The molecule has 0 heterocycles. The summed E-state index contributed by atoms with van der Waals surface area (Å²) < 4.78 is 5.46. The molecule has 0 saturated carbocycles. The maximum absolute atomic E-state index is 10.6. The van der Waals surface area contributed by atoms with Gasteiger partial charge in [-0.1, -0.05) is 36.4 Å². The van der Waals surface area contributed by atoms with Crippen LogP contribution >= 0.6 is 11.8 Å². The molecule has 0 unspecified atom stereocenters. The van der Waals surface area contributed by atoms with Gasteiger partial charge in [0.15, 0.2) is 0 Å². The number of rotatable bonds is 8. The predicted octanol–water partition coefficient (Wildman–Crippen LogP) is 5.15. The van der Waals surface area contributed by atoms with Crippen LogP contribution in [0.25, 0.3) is 11.1 Å². The number of aliphatic carboxylic acids is 1. The van der Waals surface area contributed by atoms with Gasteiger partial charge in [-0.15, -0.1) is 11.8 Å². The first kappa shape index (κ1) is 18.9. The maximum Gasteiger partial charge on any atom is 0.313 e. The Balaban J connectivity index is 1.66. The number of benzene rings is 3. The molecule has 0 aliphatic carbocycles. The summed E-state index contributed by atoms with van der Waals surface area (Å²) in [5, 5.41) is 12.1. The average molecular weight is 379 g/mol. The number of carboxylic acids is 1. The number of carboxylic acid groups (broad SMARTS) is 1. The molecular weight excluding hydrogens is 358 g/mol. The van der Waals surface area contributed by atoms with Crippen LogP contribution in [0.5, 0.6) is 5.75 Å². The van der Waals surface area contributed by atoms with Crippen LogP contribution in [-0.4, -0.2) is 23.9 Å². The van der Waals surface area contributed by atoms with Crippen LogP contribution < -0.4 is 10.1 Å². The van der Waals surface area contributed by atoms with Crippen molar-refractivity contribution in [1.29, 1.82) is 0 Å². The molecule has 0 radical (unpaired) electrons. The molecule has 27 heavy (non-hydrogen) atoms. The first-order valence-electron chi connectivity index (χ1n) is 8.56. The first-order valence-corrected chi connectivity index (χ1v) is 9.55. The predicted molar refractivity (Wildman–Crippen MR) is 111 cm³/mol. The Labute approximate surface area is 163 Å². The molecule has 0 fully saturated rings. The van der Waals surface area contributed by atoms with E-state index in [1.54, 1.807) is 7.11 Å². The lowest BCUT2D eigenvalue weighted by molar-refractivity contribution is -0.133. The largest absolute Gasteiger partial charge is 0.496 e. The lowest BCUT2D eigenvalue weighted by Gasteiger charge is -2.11. The van der Waals surface area contributed by atoms with Gasteiger partial charge in [0.25, 0.3) is 0 Å². The lowest BCUT2D eigenvalue weighted by atomic mass is 10.0. The lowest BCUT2D eigenvalue weighted by Crippen LogP contribution is -2.00. The third-order valence-electron chi connectivity index (χ3n) is 4.06. The minimum atomic E-state index is -0.808. The standard InChI is InChI=1S/C22H21NO3S/c1-26-21-8-3-2-7-20(21)17-6-4-5-16(13-17)14-23-18-9-11-19(12-10-18)27-15-22(24)25/h2-13,23H,14-15H2,1H3,(H,24,25). The van der Waals surface area contributed by atoms with Crippen LogP contribution in [-0.2, 0) is 11.3 Å². The van der Waals surface area contributed by atoms with Crippen molar-refractivity contribution >= 4 is 23.4 Å². The Morgan fingerprint density at radius 2 is 1.81 bits per heavy atom. The van der Waals surface area contributed by atoms with E-state index in [0.717, 1.165) is 27.5 Å². The number of ether oxygens (including phenoxy) is 1. The highest BCUT2D eigenvalue weighted by Crippen LogP contribution is 2.30. The van der Waals surface area contributed by atoms with Crippen molar-refractivity contribution in [2.24, 2.45) is 0 Å². The fraction of sp³-hybridized carbons (Fsp3) is 0.136. The third kappa shape index (κ3) is 5.28. The SMILES string of the molecule is COc1ccccc1-c1cccc(CNc2ccc(SCC(=O)O)cc2)c1. The van der Waals surface area contributed by atoms with E-state index in [1.165, 1.54) is 17.3 Å². The topological polar surface area (TPSA) is 58.6 Å². The van der Waals surface area contributed by atoms with Gasteiger partial charge in [-0.3, -0.25) is 4.79 Å². The minimum absolute atomic E-state index is 0.0719. The normalized spacial score (nSPS) is 10.4. The Hall–Kier alpha value is -2.92. The smallest absolute Gasteiger partial charge is 0.313 e. The highest BCUT2D eigenvalue weighted by molar-refractivity contribution is 8.00. The number of hydrogen-bond donors (Lipinski definition) is 2. The molecule has 0 spiro atoms. The fourth-order valence-corrected chi connectivity index (χ4v) is 3.37. The number of nitrogens with one attached hydrogen (secondary N) is 1. The molecule has 2 N–H and O–H groups in total. The molecule has 3 aromatic carbocycles. The zero-order valence-electron chi connectivity index (χ0n) is 15.0. The number of para-hydroxylation sites is 1. The van der Waals surface area contributed by atoms with Crippen LogP contribution in [0.4, 0.5) is 5.69 Å². The van der Waals surface area contributed by atoms with Crippen LogP contribution in [0.2, 0.25) is 0 Å². The van der Waals surface area contributed by atoms with Gasteiger partial charge in [-0.2, -0.15) is 0 Å². The molecule has 0 aliphatic rings. The molecule has 0 bridgehead atoms. The summed E-state index contributed by atoms with van der Waals surface area (Å²) in [5.41, 5.74) is 4.36. The number of hydrogen-bond acceptors (Lipinski definition) is 4. The van der Waals surface area contributed by atoms with Crippen LogP contribution in [0.3, 0.4) is 0 Å². The molecule has 138 valence electrons. The molecule has 0 atom stereocenters. The van der Waals surface area contributed by atoms with E-state index >= 15 is 0 Å². The van der Waals surface area contributed by atoms with Crippen molar-refractivity contribution in [3.05, 3.63) is 78.4 Å². The van der Waals surface area contributed by atoms with Gasteiger partial charge < -0.3 is 15.2 Å². The fourth-order valence-electron chi connectivity index (χ4n) is 2.75. The Bertz CT molecular complexity index is 909. The van der Waals surface area contributed by atoms with Gasteiger partial charge in [-0.25, -0.2) is 0 Å². The van der Waals surface area contributed by atoms with Gasteiger partial charge in [0.2, 0.25) is 0 Å². The Morgan fingerprint density at radius 3 is 2.56 bits per heavy atom. The van der Waals surface area contributed by atoms with Gasteiger partial charge in [-0.05, 0) is 47.5 Å². The van der Waals surface area contributed by atoms with Crippen molar-refractivity contribution in [2.45, 2.75) is 11.4 Å². The van der Waals surface area contributed by atoms with Gasteiger partial charge >= 0.3 is 5.97 Å². The summed E-state index contributed by atoms with van der Waals surface area (Å²) in [5.74, 6) is 0.122. The minimum Gasteiger partial charge on any atom is -0.496 e. The van der Waals surface area contributed by atoms with Crippen molar-refractivity contribution in [3.8, 4) is 16.9 Å². The Morgan fingerprint density at radius 1 is 1.04 bits per heavy atom. The van der Waals surface area contributed by atoms with E-state index in [2.05, 4.69) is 29.6 Å². The van der Waals surface area contributed by atoms with E-state index in [9.17, 15) is 4.79 Å². The molecule has 0 saturated heterocycles. The summed E-state index contributed by atoms with van der Waals surface area (Å²) in [6, 6.07) is 24.2. The molecular formula is C22H21NO3S. The number of carbonyl (C=O) groups is 1. The van der Waals surface area contributed by atoms with Crippen LogP contribution in [0.1, 0.15) is 5.56 Å². The van der Waals surface area contributed by atoms with Crippen molar-refractivity contribution in [2.75, 3.05) is 18.2 Å². The van der Waals surface area contributed by atoms with E-state index in [1.807, 2.05) is 48.5 Å². The zero-order valence-corrected chi connectivity index (χ0v) is 15.8. The maximum atomic E-state index is 10.6. The van der Waals surface area contributed by atoms with Gasteiger partial charge in [0.05, 0.1) is 12.9 Å². The van der Waals surface area contributed by atoms with Gasteiger partial charge in [0, 0.05) is 22.7 Å². The second kappa shape index (κ2) is 9.14. The summed E-state index contributed by atoms with van der Waals surface area (Å²) >= 11 is 1.32. The monoisotopic (exact) mass is 379 g/mol. The van der Waals surface area contributed by atoms with E-state index in [4.69, 9.17) is 9.84 Å². The highest BCUT2D eigenvalue weighted by Gasteiger charge is 2.06. The first-order chi connectivity index (χ1) is 13.2. The van der Waals surface area contributed by atoms with Crippen molar-refractivity contribution in [1.82, 2.24) is 0 Å². The van der Waals surface area contributed by atoms with E-state index in [0.29, 0.717) is 6.54 Å². The number of thioether (sulfide) groups is 1. The summed E-state index contributed by atoms with van der Waals surface area (Å²) in [7, 11) is 1.68. The molecule has 4 nitrogen and oxygen atoms in total. The molecule has 3 aromatic rings. The third-order valence-corrected chi connectivity index (χ3v) is 5.06. The van der Waals surface area contributed by atoms with Crippen LogP contribution in [0, 0.1) is 0 Å². The Kier molecular flexibility index (Phi) is 6.39. The zero-order chi connectivity index (χ0) is 19.1. The van der Waals surface area contributed by atoms with E-state index < -0.39 is 5.97 Å². The van der Waals surface area contributed by atoms with E-state index in [-0.39, 0.29) is 5.75 Å². The van der Waals surface area contributed by atoms with Gasteiger partial charge in [0.1, 0.15) is 5.75 Å². The van der Waals surface area contributed by atoms with Crippen molar-refractivity contribution in [3.63, 3.8) is 0 Å². The molecule has 0 aliphatic heterocycles.